The van der Waals surface area contributed by atoms with Gasteiger partial charge < -0.3 is 4.90 Å². The molecule has 2 aromatic rings. The molecule has 1 aliphatic heterocycles. The lowest BCUT2D eigenvalue weighted by atomic mass is 10.1. The monoisotopic (exact) mass is 275 g/mol. The second-order valence-corrected chi connectivity index (χ2v) is 5.65. The van der Waals surface area contributed by atoms with Gasteiger partial charge in [0.25, 0.3) is 0 Å². The lowest BCUT2D eigenvalue weighted by Crippen LogP contribution is -2.29. The Hall–Kier alpha value is -1.68. The lowest BCUT2D eigenvalue weighted by Gasteiger charge is -2.17. The van der Waals surface area contributed by atoms with E-state index in [2.05, 4.69) is 0 Å². The number of fused-ring (bicyclic) bond motifs is 1. The van der Waals surface area contributed by atoms with Crippen molar-refractivity contribution in [2.45, 2.75) is 19.3 Å². The van der Waals surface area contributed by atoms with Crippen LogP contribution in [-0.2, 0) is 17.6 Å². The molecule has 0 spiro atoms. The molecule has 0 bridgehead atoms. The predicted molar refractivity (Wildman–Crippen MR) is 75.1 cm³/mol. The molecule has 3 rings (SSSR count). The van der Waals surface area contributed by atoms with Gasteiger partial charge in [-0.3, -0.25) is 4.79 Å². The third-order valence-corrected chi connectivity index (χ3v) is 4.35. The minimum atomic E-state index is -0.292. The third kappa shape index (κ3) is 2.40. The summed E-state index contributed by atoms with van der Waals surface area (Å²) in [4.78, 5) is 15.0. The van der Waals surface area contributed by atoms with Crippen molar-refractivity contribution in [1.82, 2.24) is 0 Å². The van der Waals surface area contributed by atoms with Crippen molar-refractivity contribution in [2.24, 2.45) is 0 Å². The summed E-state index contributed by atoms with van der Waals surface area (Å²) in [7, 11) is 0. The van der Waals surface area contributed by atoms with Crippen LogP contribution in [0.2, 0.25) is 0 Å². The molecule has 0 saturated heterocycles. The quantitative estimate of drug-likeness (QED) is 0.840. The molecule has 0 aliphatic carbocycles. The molecule has 0 unspecified atom stereocenters. The number of hydrogen-bond acceptors (Lipinski definition) is 2. The lowest BCUT2D eigenvalue weighted by molar-refractivity contribution is -0.118. The van der Waals surface area contributed by atoms with Crippen LogP contribution < -0.4 is 4.90 Å². The standard InChI is InChI=1S/C15H14FNOS/c16-13-5-1-3-11-8-9-17(15(11)13)14(18)7-6-12-4-2-10-19-12/h1-5,10H,6-9H2. The highest BCUT2D eigenvalue weighted by molar-refractivity contribution is 7.09. The van der Waals surface area contributed by atoms with Crippen molar-refractivity contribution in [3.63, 3.8) is 0 Å². The fraction of sp³-hybridized carbons (Fsp3) is 0.267. The average molecular weight is 275 g/mol. The number of anilines is 1. The number of rotatable bonds is 3. The second kappa shape index (κ2) is 5.13. The number of benzene rings is 1. The van der Waals surface area contributed by atoms with Gasteiger partial charge >= 0.3 is 0 Å². The number of carbonyl (C=O) groups is 1. The zero-order chi connectivity index (χ0) is 13.2. The van der Waals surface area contributed by atoms with Crippen molar-refractivity contribution in [3.8, 4) is 0 Å². The van der Waals surface area contributed by atoms with E-state index in [4.69, 9.17) is 0 Å². The summed E-state index contributed by atoms with van der Waals surface area (Å²) in [6, 6.07) is 9.02. The zero-order valence-corrected chi connectivity index (χ0v) is 11.3. The van der Waals surface area contributed by atoms with Crippen molar-refractivity contribution >= 4 is 22.9 Å². The van der Waals surface area contributed by atoms with Crippen molar-refractivity contribution in [1.29, 1.82) is 0 Å². The summed E-state index contributed by atoms with van der Waals surface area (Å²) in [5.41, 5.74) is 1.42. The van der Waals surface area contributed by atoms with E-state index in [-0.39, 0.29) is 11.7 Å². The van der Waals surface area contributed by atoms with Crippen LogP contribution in [0.5, 0.6) is 0 Å². The Morgan fingerprint density at radius 3 is 3.00 bits per heavy atom. The smallest absolute Gasteiger partial charge is 0.227 e. The van der Waals surface area contributed by atoms with Gasteiger partial charge in [-0.2, -0.15) is 0 Å². The molecule has 1 aliphatic rings. The van der Waals surface area contributed by atoms with E-state index in [0.29, 0.717) is 18.7 Å². The fourth-order valence-corrected chi connectivity index (χ4v) is 3.19. The van der Waals surface area contributed by atoms with Gasteiger partial charge in [0.15, 0.2) is 0 Å². The maximum atomic E-state index is 13.8. The minimum absolute atomic E-state index is 0.0113. The Morgan fingerprint density at radius 1 is 1.32 bits per heavy atom. The van der Waals surface area contributed by atoms with Gasteiger partial charge in [-0.1, -0.05) is 18.2 Å². The largest absolute Gasteiger partial charge is 0.309 e. The van der Waals surface area contributed by atoms with Gasteiger partial charge in [-0.05, 0) is 35.9 Å². The first-order valence-electron chi connectivity index (χ1n) is 6.36. The number of nitrogens with zero attached hydrogens (tertiary/aromatic N) is 1. The van der Waals surface area contributed by atoms with Crippen LogP contribution in [0.4, 0.5) is 10.1 Å². The summed E-state index contributed by atoms with van der Waals surface area (Å²) >= 11 is 1.65. The Balaban J connectivity index is 1.73. The first-order chi connectivity index (χ1) is 9.25. The van der Waals surface area contributed by atoms with Gasteiger partial charge in [0.2, 0.25) is 5.91 Å². The van der Waals surface area contributed by atoms with E-state index in [1.807, 2.05) is 23.6 Å². The Bertz CT molecular complexity index is 594. The van der Waals surface area contributed by atoms with Crippen LogP contribution in [0.25, 0.3) is 0 Å². The van der Waals surface area contributed by atoms with Crippen LogP contribution >= 0.6 is 11.3 Å². The van der Waals surface area contributed by atoms with Gasteiger partial charge in [-0.25, -0.2) is 4.39 Å². The maximum absolute atomic E-state index is 13.8. The Kier molecular flexibility index (Phi) is 3.34. The summed E-state index contributed by atoms with van der Waals surface area (Å²) in [6.07, 6.45) is 1.92. The number of aryl methyl sites for hydroxylation is 1. The number of carbonyl (C=O) groups excluding carboxylic acids is 1. The molecular weight excluding hydrogens is 261 g/mol. The Morgan fingerprint density at radius 2 is 2.21 bits per heavy atom. The van der Waals surface area contributed by atoms with Crippen LogP contribution in [-0.4, -0.2) is 12.5 Å². The van der Waals surface area contributed by atoms with Gasteiger partial charge in [0, 0.05) is 17.8 Å². The maximum Gasteiger partial charge on any atom is 0.227 e. The molecule has 0 atom stereocenters. The molecule has 2 nitrogen and oxygen atoms in total. The van der Waals surface area contributed by atoms with Crippen molar-refractivity contribution in [3.05, 3.63) is 52.0 Å². The third-order valence-electron chi connectivity index (χ3n) is 3.41. The molecule has 0 radical (unpaired) electrons. The zero-order valence-electron chi connectivity index (χ0n) is 10.4. The minimum Gasteiger partial charge on any atom is -0.309 e. The summed E-state index contributed by atoms with van der Waals surface area (Å²) in [5.74, 6) is -0.281. The van der Waals surface area contributed by atoms with Crippen LogP contribution in [0.3, 0.4) is 0 Å². The van der Waals surface area contributed by atoms with E-state index < -0.39 is 0 Å². The van der Waals surface area contributed by atoms with Gasteiger partial charge in [-0.15, -0.1) is 11.3 Å². The molecule has 1 amide bonds. The highest BCUT2D eigenvalue weighted by atomic mass is 32.1. The molecule has 0 fully saturated rings. The Labute approximate surface area is 115 Å². The molecule has 0 saturated carbocycles. The number of amides is 1. The first kappa shape index (κ1) is 12.4. The van der Waals surface area contributed by atoms with Gasteiger partial charge in [0.1, 0.15) is 5.82 Å². The summed E-state index contributed by atoms with van der Waals surface area (Å²) in [5, 5.41) is 2.00. The molecule has 4 heteroatoms. The molecular formula is C15H14FNOS. The van der Waals surface area contributed by atoms with Crippen LogP contribution in [0, 0.1) is 5.82 Å². The molecule has 1 aromatic heterocycles. The predicted octanol–water partition coefficient (Wildman–Crippen LogP) is 3.41. The number of hydrogen-bond donors (Lipinski definition) is 0. The molecule has 19 heavy (non-hydrogen) atoms. The number of thiophene rings is 1. The van der Waals surface area contributed by atoms with Crippen LogP contribution in [0.15, 0.2) is 35.7 Å². The molecule has 0 N–H and O–H groups in total. The van der Waals surface area contributed by atoms with Crippen molar-refractivity contribution in [2.75, 3.05) is 11.4 Å². The summed E-state index contributed by atoms with van der Waals surface area (Å²) < 4.78 is 13.8. The number of halogens is 1. The average Bonchev–Trinajstić information content (AvgIpc) is 3.05. The molecule has 1 aromatic carbocycles. The van der Waals surface area contributed by atoms with Gasteiger partial charge in [0.05, 0.1) is 5.69 Å². The normalized spacial score (nSPS) is 13.6. The van der Waals surface area contributed by atoms with E-state index in [0.717, 1.165) is 18.4 Å². The molecule has 2 heterocycles. The van der Waals surface area contributed by atoms with E-state index in [9.17, 15) is 9.18 Å². The number of para-hydroxylation sites is 1. The second-order valence-electron chi connectivity index (χ2n) is 4.62. The van der Waals surface area contributed by atoms with E-state index >= 15 is 0 Å². The van der Waals surface area contributed by atoms with Crippen molar-refractivity contribution < 1.29 is 9.18 Å². The summed E-state index contributed by atoms with van der Waals surface area (Å²) in [6.45, 7) is 0.597. The fourth-order valence-electron chi connectivity index (χ4n) is 2.48. The first-order valence-corrected chi connectivity index (χ1v) is 7.24. The topological polar surface area (TPSA) is 20.3 Å². The van der Waals surface area contributed by atoms with Crippen LogP contribution in [0.1, 0.15) is 16.9 Å². The highest BCUT2D eigenvalue weighted by Crippen LogP contribution is 2.31. The highest BCUT2D eigenvalue weighted by Gasteiger charge is 2.27. The SMILES string of the molecule is O=C(CCc1cccs1)N1CCc2cccc(F)c21. The van der Waals surface area contributed by atoms with E-state index in [1.54, 1.807) is 22.3 Å². The molecule has 98 valence electrons. The van der Waals surface area contributed by atoms with E-state index in [1.165, 1.54) is 10.9 Å².